The molecule has 2 aliphatic rings. The maximum absolute atomic E-state index is 14.0. The van der Waals surface area contributed by atoms with Gasteiger partial charge in [0.1, 0.15) is 0 Å². The Morgan fingerprint density at radius 1 is 0.889 bits per heavy atom. The number of benzene rings is 2. The Bertz CT molecular complexity index is 1440. The van der Waals surface area contributed by atoms with E-state index in [0.717, 1.165) is 30.0 Å². The molecule has 2 fully saturated rings. The van der Waals surface area contributed by atoms with Crippen molar-refractivity contribution < 1.29 is 16.8 Å². The van der Waals surface area contributed by atoms with Gasteiger partial charge in [-0.2, -0.15) is 4.31 Å². The minimum absolute atomic E-state index is 0.00783. The van der Waals surface area contributed by atoms with Crippen LogP contribution in [0.3, 0.4) is 0 Å². The Labute approximate surface area is 217 Å². The molecule has 0 amide bonds. The maximum Gasteiger partial charge on any atom is 0.269 e. The normalized spacial score (nSPS) is 20.6. The van der Waals surface area contributed by atoms with Gasteiger partial charge >= 0.3 is 0 Å². The van der Waals surface area contributed by atoms with E-state index in [4.69, 9.17) is 11.6 Å². The molecule has 36 heavy (non-hydrogen) atoms. The summed E-state index contributed by atoms with van der Waals surface area (Å²) in [4.78, 5) is 2.46. The third-order valence-electron chi connectivity index (χ3n) is 7.03. The molecule has 194 valence electrons. The van der Waals surface area contributed by atoms with Gasteiger partial charge in [0.05, 0.1) is 10.4 Å². The zero-order chi connectivity index (χ0) is 25.3. The van der Waals surface area contributed by atoms with Crippen LogP contribution >= 0.6 is 11.6 Å². The van der Waals surface area contributed by atoms with Crippen LogP contribution < -0.4 is 5.32 Å². The summed E-state index contributed by atoms with van der Waals surface area (Å²) in [5.41, 5.74) is 0.276. The number of piperazine rings is 1. The highest BCUT2D eigenvalue weighted by molar-refractivity contribution is 7.92. The van der Waals surface area contributed by atoms with Crippen molar-refractivity contribution in [3.63, 3.8) is 0 Å². The zero-order valence-corrected chi connectivity index (χ0v) is 22.4. The molecule has 0 spiro atoms. The van der Waals surface area contributed by atoms with Crippen molar-refractivity contribution in [1.82, 2.24) is 18.5 Å². The fourth-order valence-electron chi connectivity index (χ4n) is 5.12. The first-order valence-electron chi connectivity index (χ1n) is 12.3. The molecule has 3 heterocycles. The molecule has 1 unspecified atom stereocenters. The van der Waals surface area contributed by atoms with Gasteiger partial charge in [-0.1, -0.05) is 36.2 Å². The molecule has 0 radical (unpaired) electrons. The lowest BCUT2D eigenvalue weighted by molar-refractivity contribution is 0.202. The van der Waals surface area contributed by atoms with Crippen molar-refractivity contribution in [3.8, 4) is 0 Å². The number of nitrogens with zero attached hydrogens (tertiary/aromatic N) is 3. The standard InChI is InChI=1S/C25H31ClN4O4S2/c26-21-9-10-24-20(17-21)18-25(30(24)35(31,32)23-7-3-1-4-8-23)36(33,34)29-16-12-27-22(19-29)11-15-28-13-5-2-6-14-28/h1,3-4,7-10,17-18,22,27H,2,5-6,11-16,19H2. The first kappa shape index (κ1) is 25.7. The number of nitrogens with one attached hydrogen (secondary N) is 1. The van der Waals surface area contributed by atoms with E-state index in [9.17, 15) is 16.8 Å². The molecule has 5 rings (SSSR count). The predicted octanol–water partition coefficient (Wildman–Crippen LogP) is 3.37. The highest BCUT2D eigenvalue weighted by Gasteiger charge is 2.36. The average molecular weight is 551 g/mol. The fraction of sp³-hybridized carbons (Fsp3) is 0.440. The third kappa shape index (κ3) is 5.07. The number of sulfonamides is 1. The molecular formula is C25H31ClN4O4S2. The van der Waals surface area contributed by atoms with Crippen molar-refractivity contribution >= 4 is 42.6 Å². The maximum atomic E-state index is 14.0. The van der Waals surface area contributed by atoms with Crippen molar-refractivity contribution in [3.05, 3.63) is 59.6 Å². The second kappa shape index (κ2) is 10.4. The Kier molecular flexibility index (Phi) is 7.44. The molecule has 0 saturated carbocycles. The second-order valence-corrected chi connectivity index (χ2v) is 13.6. The van der Waals surface area contributed by atoms with Gasteiger partial charge in [-0.3, -0.25) is 0 Å². The lowest BCUT2D eigenvalue weighted by atomic mass is 10.1. The number of likely N-dealkylation sites (tertiary alicyclic amines) is 1. The van der Waals surface area contributed by atoms with Gasteiger partial charge in [0.2, 0.25) is 0 Å². The molecule has 1 N–H and O–H groups in total. The predicted molar refractivity (Wildman–Crippen MR) is 141 cm³/mol. The number of hydrogen-bond acceptors (Lipinski definition) is 6. The van der Waals surface area contributed by atoms with Crippen LogP contribution in [-0.4, -0.2) is 75.3 Å². The molecule has 2 aromatic carbocycles. The summed E-state index contributed by atoms with van der Waals surface area (Å²) < 4.78 is 57.7. The van der Waals surface area contributed by atoms with Crippen LogP contribution in [0.25, 0.3) is 10.9 Å². The van der Waals surface area contributed by atoms with Crippen LogP contribution in [0.15, 0.2) is 64.5 Å². The van der Waals surface area contributed by atoms with E-state index in [2.05, 4.69) is 10.2 Å². The molecular weight excluding hydrogens is 520 g/mol. The van der Waals surface area contributed by atoms with E-state index >= 15 is 0 Å². The highest BCUT2D eigenvalue weighted by Crippen LogP contribution is 2.32. The van der Waals surface area contributed by atoms with E-state index in [1.807, 2.05) is 0 Å². The van der Waals surface area contributed by atoms with E-state index in [1.165, 1.54) is 41.8 Å². The smallest absolute Gasteiger partial charge is 0.269 e. The molecule has 2 saturated heterocycles. The summed E-state index contributed by atoms with van der Waals surface area (Å²) in [6.45, 7) is 4.19. The van der Waals surface area contributed by atoms with Crippen LogP contribution in [0, 0.1) is 0 Å². The number of halogens is 1. The number of rotatable bonds is 7. The van der Waals surface area contributed by atoms with Crippen LogP contribution in [0.5, 0.6) is 0 Å². The second-order valence-electron chi connectivity index (χ2n) is 9.47. The Hall–Kier alpha value is -1.95. The van der Waals surface area contributed by atoms with Crippen molar-refractivity contribution in [2.75, 3.05) is 39.3 Å². The SMILES string of the molecule is O=S(=O)(c1cc2cc(Cl)ccc2n1S(=O)(=O)c1ccccc1)N1CCNC(CCN2CCCCC2)C1. The molecule has 0 aliphatic carbocycles. The zero-order valence-electron chi connectivity index (χ0n) is 20.0. The Morgan fingerprint density at radius 2 is 1.64 bits per heavy atom. The lowest BCUT2D eigenvalue weighted by Crippen LogP contribution is -2.53. The molecule has 3 aromatic rings. The fourth-order valence-corrected chi connectivity index (χ4v) is 8.86. The summed E-state index contributed by atoms with van der Waals surface area (Å²) >= 11 is 6.16. The highest BCUT2D eigenvalue weighted by atomic mass is 35.5. The summed E-state index contributed by atoms with van der Waals surface area (Å²) in [6.07, 6.45) is 4.54. The van der Waals surface area contributed by atoms with Crippen molar-refractivity contribution in [2.45, 2.75) is 41.6 Å². The van der Waals surface area contributed by atoms with Gasteiger partial charge in [0, 0.05) is 36.1 Å². The van der Waals surface area contributed by atoms with Crippen LogP contribution in [0.2, 0.25) is 5.02 Å². The number of piperidine rings is 1. The number of fused-ring (bicyclic) bond motifs is 1. The largest absolute Gasteiger partial charge is 0.311 e. The van der Waals surface area contributed by atoms with Gasteiger partial charge in [0.25, 0.3) is 20.0 Å². The van der Waals surface area contributed by atoms with Crippen LogP contribution in [-0.2, 0) is 20.0 Å². The topological polar surface area (TPSA) is 91.7 Å². The van der Waals surface area contributed by atoms with Crippen molar-refractivity contribution in [1.29, 1.82) is 0 Å². The number of aromatic nitrogens is 1. The van der Waals surface area contributed by atoms with Crippen molar-refractivity contribution in [2.24, 2.45) is 0 Å². The molecule has 1 atom stereocenters. The minimum Gasteiger partial charge on any atom is -0.311 e. The Balaban J connectivity index is 1.49. The van der Waals surface area contributed by atoms with Crippen LogP contribution in [0.4, 0.5) is 0 Å². The summed E-state index contributed by atoms with van der Waals surface area (Å²) in [6, 6.07) is 14.0. The van der Waals surface area contributed by atoms with Gasteiger partial charge in [-0.15, -0.1) is 0 Å². The van der Waals surface area contributed by atoms with Crippen LogP contribution in [0.1, 0.15) is 25.7 Å². The summed E-state index contributed by atoms with van der Waals surface area (Å²) in [5, 5.41) is 4.04. The molecule has 8 nitrogen and oxygen atoms in total. The minimum atomic E-state index is -4.18. The van der Waals surface area contributed by atoms with E-state index in [0.29, 0.717) is 23.5 Å². The number of hydrogen-bond donors (Lipinski definition) is 1. The summed E-state index contributed by atoms with van der Waals surface area (Å²) in [5.74, 6) is 0. The Morgan fingerprint density at radius 3 is 2.39 bits per heavy atom. The summed E-state index contributed by atoms with van der Waals surface area (Å²) in [7, 11) is -8.29. The molecule has 0 bridgehead atoms. The van der Waals surface area contributed by atoms with E-state index in [-0.39, 0.29) is 28.0 Å². The van der Waals surface area contributed by atoms with Gasteiger partial charge < -0.3 is 10.2 Å². The van der Waals surface area contributed by atoms with E-state index < -0.39 is 20.0 Å². The first-order valence-corrected chi connectivity index (χ1v) is 15.6. The molecule has 2 aliphatic heterocycles. The quantitative estimate of drug-likeness (QED) is 0.485. The van der Waals surface area contributed by atoms with Gasteiger partial charge in [0.15, 0.2) is 5.03 Å². The third-order valence-corrected chi connectivity index (χ3v) is 11.0. The monoisotopic (exact) mass is 550 g/mol. The first-order chi connectivity index (χ1) is 17.3. The van der Waals surface area contributed by atoms with Gasteiger partial charge in [-0.25, -0.2) is 20.8 Å². The molecule has 11 heteroatoms. The average Bonchev–Trinajstić information content (AvgIpc) is 3.29. The van der Waals surface area contributed by atoms with E-state index in [1.54, 1.807) is 36.4 Å². The molecule has 1 aromatic heterocycles. The van der Waals surface area contributed by atoms with Gasteiger partial charge in [-0.05, 0) is 75.3 Å². The lowest BCUT2D eigenvalue weighted by Gasteiger charge is -2.34.